The molecule has 7 rings (SSSR count). The van der Waals surface area contributed by atoms with Gasteiger partial charge in [0, 0.05) is 48.7 Å². The summed E-state index contributed by atoms with van der Waals surface area (Å²) in [5.41, 5.74) is -1.44. The number of hydrogen-bond donors (Lipinski definition) is 2. The van der Waals surface area contributed by atoms with Gasteiger partial charge in [0.1, 0.15) is 6.17 Å². The third kappa shape index (κ3) is 7.11. The maximum atomic E-state index is 13.3. The summed E-state index contributed by atoms with van der Waals surface area (Å²) in [6.07, 6.45) is 10.5. The monoisotopic (exact) mass is 613 g/mol. The molecular weight excluding hydrogens is 563 g/mol. The van der Waals surface area contributed by atoms with Crippen molar-refractivity contribution < 1.29 is 22.6 Å². The van der Waals surface area contributed by atoms with Crippen LogP contribution < -0.4 is 14.8 Å². The molecule has 5 atom stereocenters. The van der Waals surface area contributed by atoms with E-state index in [9.17, 15) is 13.2 Å². The van der Waals surface area contributed by atoms with E-state index >= 15 is 0 Å². The van der Waals surface area contributed by atoms with Gasteiger partial charge in [-0.15, -0.1) is 5.10 Å². The predicted octanol–water partition coefficient (Wildman–Crippen LogP) is 6.67. The number of rotatable bonds is 5. The Morgan fingerprint density at radius 3 is 2.67 bits per heavy atom. The number of hydrogen-bond acceptors (Lipinski definition) is 7. The molecule has 11 heteroatoms. The molecular formula is C31H50F3N5O2S. The number of nitrogens with one attached hydrogen (secondary N) is 2. The Balaban J connectivity index is 1.11. The van der Waals surface area contributed by atoms with Crippen LogP contribution in [0, 0.1) is 17.3 Å². The van der Waals surface area contributed by atoms with Crippen molar-refractivity contribution in [3.05, 3.63) is 12.3 Å². The van der Waals surface area contributed by atoms with E-state index < -0.39 is 11.6 Å². The molecule has 4 saturated heterocycles. The lowest BCUT2D eigenvalue weighted by atomic mass is 9.90. The summed E-state index contributed by atoms with van der Waals surface area (Å²) in [5.74, 6) is 1.57. The Bertz CT molecular complexity index is 1030. The van der Waals surface area contributed by atoms with Crippen LogP contribution in [-0.4, -0.2) is 70.2 Å². The lowest BCUT2D eigenvalue weighted by molar-refractivity contribution is -0.190. The molecule has 42 heavy (non-hydrogen) atoms. The third-order valence-corrected chi connectivity index (χ3v) is 11.9. The van der Waals surface area contributed by atoms with Gasteiger partial charge in [0.2, 0.25) is 5.88 Å². The Labute approximate surface area is 253 Å². The van der Waals surface area contributed by atoms with Gasteiger partial charge in [-0.25, -0.2) is 0 Å². The molecule has 0 radical (unpaired) electrons. The molecule has 2 N–H and O–H groups in total. The van der Waals surface area contributed by atoms with Gasteiger partial charge in [-0.05, 0) is 96.8 Å². The Hall–Kier alpha value is -1.01. The number of ether oxygens (including phenoxy) is 2. The molecule has 0 aromatic carbocycles. The van der Waals surface area contributed by atoms with E-state index in [1.807, 2.05) is 22.8 Å². The van der Waals surface area contributed by atoms with Crippen LogP contribution in [0.1, 0.15) is 103 Å². The lowest BCUT2D eigenvalue weighted by Crippen LogP contribution is -2.60. The van der Waals surface area contributed by atoms with Crippen LogP contribution >= 0.6 is 11.9 Å². The van der Waals surface area contributed by atoms with Crippen molar-refractivity contribution in [2.24, 2.45) is 17.3 Å². The summed E-state index contributed by atoms with van der Waals surface area (Å²) in [5, 5.41) is 9.28. The van der Waals surface area contributed by atoms with E-state index in [4.69, 9.17) is 9.47 Å². The SMILES string of the molecule is CC1(C)CC2CCCCOC3CCC(CC3)SNCC3CCC(n4ccc(OCCC5(C(F)(F)F)CC5)n4)NC3N1C2. The topological polar surface area (TPSA) is 63.6 Å². The van der Waals surface area contributed by atoms with Crippen LogP contribution in [0.25, 0.3) is 0 Å². The smallest absolute Gasteiger partial charge is 0.394 e. The van der Waals surface area contributed by atoms with Gasteiger partial charge in [-0.1, -0.05) is 18.4 Å². The zero-order chi connectivity index (χ0) is 29.4. The third-order valence-electron chi connectivity index (χ3n) is 10.7. The summed E-state index contributed by atoms with van der Waals surface area (Å²) >= 11 is 1.93. The van der Waals surface area contributed by atoms with E-state index in [0.29, 0.717) is 29.1 Å². The van der Waals surface area contributed by atoms with Crippen molar-refractivity contribution in [3.63, 3.8) is 0 Å². The first-order valence-corrected chi connectivity index (χ1v) is 17.3. The van der Waals surface area contributed by atoms with Gasteiger partial charge >= 0.3 is 6.18 Å². The van der Waals surface area contributed by atoms with E-state index in [-0.39, 0.29) is 43.7 Å². The molecule has 2 aliphatic carbocycles. The molecule has 4 bridgehead atoms. The summed E-state index contributed by atoms with van der Waals surface area (Å²) in [7, 11) is 0. The summed E-state index contributed by atoms with van der Waals surface area (Å²) in [6.45, 7) is 7.79. The van der Waals surface area contributed by atoms with Crippen molar-refractivity contribution in [1.29, 1.82) is 0 Å². The predicted molar refractivity (Wildman–Crippen MR) is 159 cm³/mol. The molecule has 0 amide bonds. The van der Waals surface area contributed by atoms with Crippen molar-refractivity contribution in [1.82, 2.24) is 24.7 Å². The zero-order valence-electron chi connectivity index (χ0n) is 25.3. The molecule has 5 heterocycles. The number of halogens is 3. The van der Waals surface area contributed by atoms with Crippen molar-refractivity contribution in [2.75, 3.05) is 26.3 Å². The highest BCUT2D eigenvalue weighted by atomic mass is 32.2. The molecule has 1 aromatic rings. The standard InChI is InChI=1S/C31H50F3N5O2S/c1-29(2)19-22-5-3-4-17-40-24-7-9-25(10-8-24)42-35-20-23-6-11-26(36-28(23)38(29)21-22)39-16-12-27(37-39)41-18-15-30(13-14-30)31(32,33)34/h12,16,22-26,28,35-36H,3-11,13-15,17-21H2,1-2H3. The van der Waals surface area contributed by atoms with Crippen LogP contribution in [0.15, 0.2) is 12.3 Å². The first-order chi connectivity index (χ1) is 20.1. The van der Waals surface area contributed by atoms with E-state index in [1.165, 1.54) is 44.9 Å². The van der Waals surface area contributed by atoms with Crippen molar-refractivity contribution >= 4 is 11.9 Å². The number of piperidine rings is 1. The molecule has 2 saturated carbocycles. The van der Waals surface area contributed by atoms with Gasteiger partial charge in [-0.3, -0.25) is 19.6 Å². The fourth-order valence-electron chi connectivity index (χ4n) is 7.93. The minimum Gasteiger partial charge on any atom is -0.477 e. The summed E-state index contributed by atoms with van der Waals surface area (Å²) in [4.78, 5) is 2.72. The molecule has 0 spiro atoms. The number of aromatic nitrogens is 2. The minimum atomic E-state index is -4.15. The highest BCUT2D eigenvalue weighted by Crippen LogP contribution is 2.59. The first kappa shape index (κ1) is 31.0. The average Bonchev–Trinajstić information content (AvgIpc) is 3.50. The summed E-state index contributed by atoms with van der Waals surface area (Å²) in [6, 6.07) is 1.79. The number of nitrogens with zero attached hydrogens (tertiary/aromatic N) is 3. The van der Waals surface area contributed by atoms with Gasteiger partial charge < -0.3 is 9.47 Å². The zero-order valence-corrected chi connectivity index (χ0v) is 26.2. The van der Waals surface area contributed by atoms with Crippen LogP contribution in [0.3, 0.4) is 0 Å². The highest BCUT2D eigenvalue weighted by Gasteiger charge is 2.62. The molecule has 4 aliphatic heterocycles. The van der Waals surface area contributed by atoms with Crippen LogP contribution in [-0.2, 0) is 4.74 Å². The van der Waals surface area contributed by atoms with E-state index in [2.05, 4.69) is 33.9 Å². The number of fused-ring (bicyclic) bond motifs is 8. The first-order valence-electron chi connectivity index (χ1n) is 16.4. The van der Waals surface area contributed by atoms with Crippen LogP contribution in [0.4, 0.5) is 13.2 Å². The van der Waals surface area contributed by atoms with E-state index in [0.717, 1.165) is 39.0 Å². The molecule has 6 aliphatic rings. The second-order valence-corrected chi connectivity index (χ2v) is 15.4. The fourth-order valence-corrected chi connectivity index (χ4v) is 8.99. The average molecular weight is 614 g/mol. The maximum absolute atomic E-state index is 13.3. The van der Waals surface area contributed by atoms with Crippen LogP contribution in [0.5, 0.6) is 5.88 Å². The minimum absolute atomic E-state index is 0.000519. The van der Waals surface area contributed by atoms with E-state index in [1.54, 1.807) is 6.07 Å². The second kappa shape index (κ2) is 12.8. The number of alkyl halides is 3. The quantitative estimate of drug-likeness (QED) is 0.360. The maximum Gasteiger partial charge on any atom is 0.394 e. The molecule has 7 nitrogen and oxygen atoms in total. The second-order valence-electron chi connectivity index (χ2n) is 14.2. The van der Waals surface area contributed by atoms with Gasteiger partial charge in [0.25, 0.3) is 0 Å². The van der Waals surface area contributed by atoms with Gasteiger partial charge in [0.15, 0.2) is 0 Å². The Morgan fingerprint density at radius 2 is 1.90 bits per heavy atom. The molecule has 5 unspecified atom stereocenters. The van der Waals surface area contributed by atoms with Crippen molar-refractivity contribution in [2.45, 2.75) is 133 Å². The molecule has 1 aromatic heterocycles. The van der Waals surface area contributed by atoms with Gasteiger partial charge in [-0.2, -0.15) is 13.2 Å². The lowest BCUT2D eigenvalue weighted by Gasteiger charge is -2.47. The highest BCUT2D eigenvalue weighted by molar-refractivity contribution is 7.98. The van der Waals surface area contributed by atoms with Crippen molar-refractivity contribution in [3.8, 4) is 5.88 Å². The molecule has 6 fully saturated rings. The Morgan fingerprint density at radius 1 is 1.10 bits per heavy atom. The fraction of sp³-hybridized carbons (Fsp3) is 0.903. The summed E-state index contributed by atoms with van der Waals surface area (Å²) < 4.78 is 57.6. The normalized spacial score (nSPS) is 37.1. The Kier molecular flexibility index (Phi) is 9.43. The molecule has 238 valence electrons. The van der Waals surface area contributed by atoms with Crippen LogP contribution in [0.2, 0.25) is 0 Å². The largest absolute Gasteiger partial charge is 0.477 e. The van der Waals surface area contributed by atoms with Gasteiger partial charge in [0.05, 0.1) is 24.3 Å².